The Bertz CT molecular complexity index is 344. The maximum absolute atomic E-state index is 5.80. The SMILES string of the molecule is COCCc1ccc(OCC[C@H]2CCCCN2)cc1. The summed E-state index contributed by atoms with van der Waals surface area (Å²) in [4.78, 5) is 0. The topological polar surface area (TPSA) is 30.5 Å². The van der Waals surface area contributed by atoms with Crippen LogP contribution >= 0.6 is 0 Å². The first kappa shape index (κ1) is 14.4. The second kappa shape index (κ2) is 8.18. The lowest BCUT2D eigenvalue weighted by atomic mass is 10.0. The number of piperidine rings is 1. The first-order chi connectivity index (χ1) is 9.38. The van der Waals surface area contributed by atoms with Gasteiger partial charge in [0.2, 0.25) is 0 Å². The molecule has 0 radical (unpaired) electrons. The number of nitrogens with one attached hydrogen (secondary N) is 1. The van der Waals surface area contributed by atoms with Gasteiger partial charge in [-0.15, -0.1) is 0 Å². The summed E-state index contributed by atoms with van der Waals surface area (Å²) in [6, 6.07) is 8.99. The van der Waals surface area contributed by atoms with E-state index in [1.54, 1.807) is 7.11 Å². The zero-order chi connectivity index (χ0) is 13.3. The van der Waals surface area contributed by atoms with Crippen molar-refractivity contribution in [3.05, 3.63) is 29.8 Å². The molecule has 0 aromatic heterocycles. The van der Waals surface area contributed by atoms with Crippen LogP contribution in [-0.4, -0.2) is 32.9 Å². The van der Waals surface area contributed by atoms with Crippen LogP contribution in [0.25, 0.3) is 0 Å². The Hall–Kier alpha value is -1.06. The zero-order valence-electron chi connectivity index (χ0n) is 11.9. The molecule has 1 atom stereocenters. The number of rotatable bonds is 7. The number of methoxy groups -OCH3 is 1. The molecule has 0 unspecified atom stereocenters. The Balaban J connectivity index is 1.67. The molecular weight excluding hydrogens is 238 g/mol. The van der Waals surface area contributed by atoms with E-state index in [-0.39, 0.29) is 0 Å². The smallest absolute Gasteiger partial charge is 0.119 e. The van der Waals surface area contributed by atoms with Gasteiger partial charge in [0.1, 0.15) is 5.75 Å². The maximum atomic E-state index is 5.80. The zero-order valence-corrected chi connectivity index (χ0v) is 11.9. The first-order valence-corrected chi connectivity index (χ1v) is 7.32. The summed E-state index contributed by atoms with van der Waals surface area (Å²) in [6.07, 6.45) is 6.03. The molecule has 0 amide bonds. The minimum Gasteiger partial charge on any atom is -0.494 e. The van der Waals surface area contributed by atoms with Crippen LogP contribution in [0.3, 0.4) is 0 Å². The summed E-state index contributed by atoms with van der Waals surface area (Å²) >= 11 is 0. The van der Waals surface area contributed by atoms with Gasteiger partial charge in [0.15, 0.2) is 0 Å². The molecule has 19 heavy (non-hydrogen) atoms. The van der Waals surface area contributed by atoms with Crippen LogP contribution < -0.4 is 10.1 Å². The third kappa shape index (κ3) is 5.21. The molecule has 1 aliphatic heterocycles. The van der Waals surface area contributed by atoms with Gasteiger partial charge >= 0.3 is 0 Å². The lowest BCUT2D eigenvalue weighted by Crippen LogP contribution is -2.35. The molecule has 0 saturated carbocycles. The van der Waals surface area contributed by atoms with Gasteiger partial charge in [-0.1, -0.05) is 18.6 Å². The van der Waals surface area contributed by atoms with Gasteiger partial charge in [-0.25, -0.2) is 0 Å². The summed E-state index contributed by atoms with van der Waals surface area (Å²) in [5.41, 5.74) is 1.29. The van der Waals surface area contributed by atoms with Gasteiger partial charge in [0, 0.05) is 13.2 Å². The molecule has 3 nitrogen and oxygen atoms in total. The molecule has 1 aromatic carbocycles. The first-order valence-electron chi connectivity index (χ1n) is 7.32. The highest BCUT2D eigenvalue weighted by Crippen LogP contribution is 2.15. The highest BCUT2D eigenvalue weighted by molar-refractivity contribution is 5.27. The minimum absolute atomic E-state index is 0.648. The Morgan fingerprint density at radius 3 is 2.68 bits per heavy atom. The van der Waals surface area contributed by atoms with Gasteiger partial charge in [0.05, 0.1) is 13.2 Å². The monoisotopic (exact) mass is 263 g/mol. The summed E-state index contributed by atoms with van der Waals surface area (Å²) < 4.78 is 10.9. The third-order valence-electron chi connectivity index (χ3n) is 3.67. The lowest BCUT2D eigenvalue weighted by Gasteiger charge is -2.23. The maximum Gasteiger partial charge on any atom is 0.119 e. The van der Waals surface area contributed by atoms with Crippen molar-refractivity contribution in [1.29, 1.82) is 0 Å². The van der Waals surface area contributed by atoms with E-state index in [0.29, 0.717) is 6.04 Å². The lowest BCUT2D eigenvalue weighted by molar-refractivity contribution is 0.202. The molecule has 0 spiro atoms. The second-order valence-corrected chi connectivity index (χ2v) is 5.17. The Morgan fingerprint density at radius 1 is 1.16 bits per heavy atom. The van der Waals surface area contributed by atoms with Gasteiger partial charge < -0.3 is 14.8 Å². The molecule has 1 aromatic rings. The van der Waals surface area contributed by atoms with E-state index in [4.69, 9.17) is 9.47 Å². The minimum atomic E-state index is 0.648. The Morgan fingerprint density at radius 2 is 2.00 bits per heavy atom. The van der Waals surface area contributed by atoms with E-state index < -0.39 is 0 Å². The molecule has 1 N–H and O–H groups in total. The molecule has 2 rings (SSSR count). The molecule has 0 bridgehead atoms. The quantitative estimate of drug-likeness (QED) is 0.820. The van der Waals surface area contributed by atoms with E-state index in [1.165, 1.54) is 31.4 Å². The molecule has 106 valence electrons. The van der Waals surface area contributed by atoms with Crippen LogP contribution in [0, 0.1) is 0 Å². The van der Waals surface area contributed by atoms with Crippen LogP contribution in [0.2, 0.25) is 0 Å². The van der Waals surface area contributed by atoms with Crippen LogP contribution in [0.5, 0.6) is 5.75 Å². The van der Waals surface area contributed by atoms with Gasteiger partial charge in [0.25, 0.3) is 0 Å². The van der Waals surface area contributed by atoms with E-state index in [0.717, 1.165) is 31.8 Å². The summed E-state index contributed by atoms with van der Waals surface area (Å²) in [5, 5.41) is 3.54. The van der Waals surface area contributed by atoms with Gasteiger partial charge in [-0.2, -0.15) is 0 Å². The molecular formula is C16H25NO2. The van der Waals surface area contributed by atoms with Crippen molar-refractivity contribution < 1.29 is 9.47 Å². The molecule has 0 aliphatic carbocycles. The van der Waals surface area contributed by atoms with Crippen LogP contribution in [0.4, 0.5) is 0 Å². The normalized spacial score (nSPS) is 19.3. The standard InChI is InChI=1S/C16H25NO2/c1-18-12-9-14-5-7-16(8-6-14)19-13-10-15-4-2-3-11-17-15/h5-8,15,17H,2-4,9-13H2,1H3/t15-/m1/s1. The summed E-state index contributed by atoms with van der Waals surface area (Å²) in [7, 11) is 1.73. The van der Waals surface area contributed by atoms with Crippen LogP contribution in [0.15, 0.2) is 24.3 Å². The van der Waals surface area contributed by atoms with Crippen molar-refractivity contribution in [2.45, 2.75) is 38.1 Å². The predicted octanol–water partition coefficient (Wildman–Crippen LogP) is 2.79. The van der Waals surface area contributed by atoms with E-state index in [2.05, 4.69) is 29.6 Å². The summed E-state index contributed by atoms with van der Waals surface area (Å²) in [6.45, 7) is 2.74. The van der Waals surface area contributed by atoms with Crippen LogP contribution in [-0.2, 0) is 11.2 Å². The fourth-order valence-electron chi connectivity index (χ4n) is 2.46. The van der Waals surface area contributed by atoms with Crippen molar-refractivity contribution in [3.8, 4) is 5.75 Å². The van der Waals surface area contributed by atoms with E-state index in [9.17, 15) is 0 Å². The van der Waals surface area contributed by atoms with Crippen molar-refractivity contribution in [2.24, 2.45) is 0 Å². The number of ether oxygens (including phenoxy) is 2. The van der Waals surface area contributed by atoms with E-state index in [1.807, 2.05) is 0 Å². The molecule has 1 saturated heterocycles. The highest BCUT2D eigenvalue weighted by atomic mass is 16.5. The van der Waals surface area contributed by atoms with Gasteiger partial charge in [-0.05, 0) is 49.9 Å². The van der Waals surface area contributed by atoms with Crippen molar-refractivity contribution >= 4 is 0 Å². The van der Waals surface area contributed by atoms with Crippen molar-refractivity contribution in [3.63, 3.8) is 0 Å². The van der Waals surface area contributed by atoms with Gasteiger partial charge in [-0.3, -0.25) is 0 Å². The fraction of sp³-hybridized carbons (Fsp3) is 0.625. The Labute approximate surface area is 116 Å². The summed E-state index contributed by atoms with van der Waals surface area (Å²) in [5.74, 6) is 0.969. The predicted molar refractivity (Wildman–Crippen MR) is 77.8 cm³/mol. The van der Waals surface area contributed by atoms with E-state index >= 15 is 0 Å². The van der Waals surface area contributed by atoms with Crippen molar-refractivity contribution in [1.82, 2.24) is 5.32 Å². The largest absolute Gasteiger partial charge is 0.494 e. The average molecular weight is 263 g/mol. The molecule has 3 heteroatoms. The number of benzene rings is 1. The number of hydrogen-bond acceptors (Lipinski definition) is 3. The number of hydrogen-bond donors (Lipinski definition) is 1. The second-order valence-electron chi connectivity index (χ2n) is 5.17. The Kier molecular flexibility index (Phi) is 6.18. The van der Waals surface area contributed by atoms with Crippen molar-refractivity contribution in [2.75, 3.05) is 26.9 Å². The molecule has 1 heterocycles. The van der Waals surface area contributed by atoms with Crippen LogP contribution in [0.1, 0.15) is 31.2 Å². The molecule has 1 aliphatic rings. The molecule has 1 fully saturated rings. The fourth-order valence-corrected chi connectivity index (χ4v) is 2.46. The highest BCUT2D eigenvalue weighted by Gasteiger charge is 2.11. The average Bonchev–Trinajstić information content (AvgIpc) is 2.47. The third-order valence-corrected chi connectivity index (χ3v) is 3.67.